The van der Waals surface area contributed by atoms with Crippen molar-refractivity contribution in [2.75, 3.05) is 25.4 Å². The average Bonchev–Trinajstić information content (AvgIpc) is 3.50. The number of nitrogens with zero attached hydrogens (tertiary/aromatic N) is 5. The number of hydrogen-bond donors (Lipinski definition) is 6. The molecule has 2 saturated heterocycles. The molecule has 0 spiro atoms. The van der Waals surface area contributed by atoms with E-state index >= 15 is 0 Å². The summed E-state index contributed by atoms with van der Waals surface area (Å²) in [7, 11) is 1.78. The van der Waals surface area contributed by atoms with Crippen LogP contribution in [0.15, 0.2) is 24.8 Å². The van der Waals surface area contributed by atoms with Gasteiger partial charge in [-0.15, -0.1) is 0 Å². The van der Waals surface area contributed by atoms with E-state index in [0.29, 0.717) is 48.2 Å². The van der Waals surface area contributed by atoms with Gasteiger partial charge in [0, 0.05) is 31.5 Å². The molecule has 0 aliphatic carbocycles. The number of aliphatic hydroxyl groups is 3. The van der Waals surface area contributed by atoms with E-state index in [4.69, 9.17) is 10.5 Å². The van der Waals surface area contributed by atoms with Gasteiger partial charge in [-0.25, -0.2) is 9.97 Å². The number of piperidine rings is 1. The maximum atomic E-state index is 12.8. The van der Waals surface area contributed by atoms with Gasteiger partial charge in [0.15, 0.2) is 12.3 Å². The minimum atomic E-state index is -1.48. The van der Waals surface area contributed by atoms with Gasteiger partial charge in [0.05, 0.1) is 16.7 Å². The number of carbonyl (C=O) groups excluding carboxylic acids is 1. The smallest absolute Gasteiger partial charge is 0.252 e. The summed E-state index contributed by atoms with van der Waals surface area (Å²) in [4.78, 5) is 21.2. The molecular weight excluding hydrogens is 444 g/mol. The first-order chi connectivity index (χ1) is 16.3. The minimum Gasteiger partial charge on any atom is -0.388 e. The largest absolute Gasteiger partial charge is 0.388 e. The normalized spacial score (nSPS) is 26.7. The fourth-order valence-electron chi connectivity index (χ4n) is 4.58. The molecule has 13 heteroatoms. The van der Waals surface area contributed by atoms with Crippen molar-refractivity contribution in [3.8, 4) is 11.3 Å². The Morgan fingerprint density at radius 1 is 1.32 bits per heavy atom. The van der Waals surface area contributed by atoms with Crippen LogP contribution in [0.25, 0.3) is 22.3 Å². The second-order valence-corrected chi connectivity index (χ2v) is 8.90. The molecule has 2 fully saturated rings. The van der Waals surface area contributed by atoms with Gasteiger partial charge in [0.2, 0.25) is 0 Å². The molecule has 1 amide bonds. The molecule has 5 heterocycles. The van der Waals surface area contributed by atoms with Crippen molar-refractivity contribution in [2.45, 2.75) is 43.0 Å². The van der Waals surface area contributed by atoms with Crippen LogP contribution >= 0.6 is 0 Å². The predicted octanol–water partition coefficient (Wildman–Crippen LogP) is -1.74. The van der Waals surface area contributed by atoms with Crippen LogP contribution in [0, 0.1) is 0 Å². The third-order valence-corrected chi connectivity index (χ3v) is 6.53. The summed E-state index contributed by atoms with van der Waals surface area (Å²) >= 11 is 0. The highest BCUT2D eigenvalue weighted by molar-refractivity contribution is 5.99. The molecule has 0 saturated carbocycles. The first kappa shape index (κ1) is 22.7. The summed E-state index contributed by atoms with van der Waals surface area (Å²) < 4.78 is 9.00. The Morgan fingerprint density at radius 3 is 2.79 bits per heavy atom. The highest BCUT2D eigenvalue weighted by Gasteiger charge is 2.48. The molecule has 0 bridgehead atoms. The number of amides is 1. The van der Waals surface area contributed by atoms with Crippen molar-refractivity contribution < 1.29 is 24.9 Å². The first-order valence-corrected chi connectivity index (χ1v) is 11.1. The molecule has 7 N–H and O–H groups in total. The van der Waals surface area contributed by atoms with Crippen LogP contribution in [0.4, 0.5) is 5.82 Å². The number of rotatable bonds is 5. The molecule has 182 valence electrons. The fraction of sp³-hybridized carbons (Fsp3) is 0.524. The van der Waals surface area contributed by atoms with Gasteiger partial charge in [0.1, 0.15) is 30.0 Å². The summed E-state index contributed by atoms with van der Waals surface area (Å²) in [6.45, 7) is 1.33. The predicted molar refractivity (Wildman–Crippen MR) is 120 cm³/mol. The van der Waals surface area contributed by atoms with Crippen LogP contribution in [-0.2, 0) is 16.6 Å². The molecule has 13 nitrogen and oxygen atoms in total. The third kappa shape index (κ3) is 3.91. The molecule has 0 unspecified atom stereocenters. The van der Waals surface area contributed by atoms with Gasteiger partial charge < -0.3 is 41.0 Å². The number of nitrogens with one attached hydrogen (secondary N) is 2. The topological polar surface area (TPSA) is 186 Å². The van der Waals surface area contributed by atoms with Crippen LogP contribution in [-0.4, -0.2) is 89.1 Å². The van der Waals surface area contributed by atoms with E-state index in [-0.39, 0.29) is 12.4 Å². The summed E-state index contributed by atoms with van der Waals surface area (Å²) in [5, 5.41) is 42.8. The second-order valence-electron chi connectivity index (χ2n) is 8.90. The highest BCUT2D eigenvalue weighted by Crippen LogP contribution is 2.38. The Morgan fingerprint density at radius 2 is 2.09 bits per heavy atom. The Labute approximate surface area is 194 Å². The van der Waals surface area contributed by atoms with Crippen molar-refractivity contribution in [1.29, 1.82) is 0 Å². The molecular formula is C21H28N8O5. The number of aromatic nitrogens is 5. The second kappa shape index (κ2) is 8.60. The zero-order valence-electron chi connectivity index (χ0n) is 18.6. The zero-order chi connectivity index (χ0) is 24.0. The van der Waals surface area contributed by atoms with Crippen molar-refractivity contribution in [3.05, 3.63) is 24.8 Å². The lowest BCUT2D eigenvalue weighted by Crippen LogP contribution is -2.52. The van der Waals surface area contributed by atoms with E-state index in [9.17, 15) is 20.1 Å². The Balaban J connectivity index is 1.41. The van der Waals surface area contributed by atoms with Crippen molar-refractivity contribution >= 4 is 22.8 Å². The Bertz CT molecular complexity index is 1200. The number of fused-ring (bicyclic) bond motifs is 1. The molecule has 0 aromatic carbocycles. The number of aliphatic hydroxyl groups excluding tert-OH is 2. The lowest BCUT2D eigenvalue weighted by Gasteiger charge is -2.33. The van der Waals surface area contributed by atoms with Gasteiger partial charge in [-0.2, -0.15) is 5.10 Å². The van der Waals surface area contributed by atoms with E-state index in [1.807, 2.05) is 0 Å². The van der Waals surface area contributed by atoms with Crippen molar-refractivity contribution in [2.24, 2.45) is 7.05 Å². The number of nitrogens with two attached hydrogens (primary N) is 1. The standard InChI is InChI=1S/C21H28N8O5/c1-28-7-2-12(27-28)11-8-29(18-13(11)17(22)25-10-26-18)20-15(31)14(30)16(34-20)19(32)24-9-21(33)3-5-23-6-4-21/h2,7-8,10,14-16,20,23,30-31,33H,3-6,9H2,1H3,(H,24,32)(H2,22,25,26)/t14-,15+,16-,20+/m0/s1. The number of hydrogen-bond acceptors (Lipinski definition) is 10. The number of aryl methyl sites for hydroxylation is 1. The maximum absolute atomic E-state index is 12.8. The van der Waals surface area contributed by atoms with Crippen LogP contribution in [0.3, 0.4) is 0 Å². The molecule has 2 aliphatic rings. The monoisotopic (exact) mass is 472 g/mol. The fourth-order valence-corrected chi connectivity index (χ4v) is 4.58. The Kier molecular flexibility index (Phi) is 5.73. The molecule has 2 aliphatic heterocycles. The van der Waals surface area contributed by atoms with Gasteiger partial charge in [-0.1, -0.05) is 0 Å². The molecule has 3 aromatic rings. The molecule has 3 aromatic heterocycles. The van der Waals surface area contributed by atoms with Gasteiger partial charge in [-0.05, 0) is 32.0 Å². The third-order valence-electron chi connectivity index (χ3n) is 6.53. The van der Waals surface area contributed by atoms with E-state index in [0.717, 1.165) is 0 Å². The minimum absolute atomic E-state index is 0.0287. The van der Waals surface area contributed by atoms with Crippen LogP contribution < -0.4 is 16.4 Å². The Hall–Kier alpha value is -3.10. The van der Waals surface area contributed by atoms with Gasteiger partial charge in [0.25, 0.3) is 5.91 Å². The summed E-state index contributed by atoms with van der Waals surface area (Å²) in [6.07, 6.45) is 0.388. The number of carbonyl (C=O) groups is 1. The quantitative estimate of drug-likeness (QED) is 0.249. The van der Waals surface area contributed by atoms with Gasteiger partial charge >= 0.3 is 0 Å². The van der Waals surface area contributed by atoms with E-state index in [1.54, 1.807) is 30.2 Å². The highest BCUT2D eigenvalue weighted by atomic mass is 16.6. The zero-order valence-corrected chi connectivity index (χ0v) is 18.6. The van der Waals surface area contributed by atoms with Crippen LogP contribution in [0.5, 0.6) is 0 Å². The maximum Gasteiger partial charge on any atom is 0.252 e. The van der Waals surface area contributed by atoms with E-state index in [2.05, 4.69) is 25.7 Å². The van der Waals surface area contributed by atoms with Crippen LogP contribution in [0.1, 0.15) is 19.1 Å². The van der Waals surface area contributed by atoms with Crippen molar-refractivity contribution in [3.63, 3.8) is 0 Å². The number of anilines is 1. The summed E-state index contributed by atoms with van der Waals surface area (Å²) in [6, 6.07) is 1.80. The van der Waals surface area contributed by atoms with E-state index in [1.165, 1.54) is 10.9 Å². The summed E-state index contributed by atoms with van der Waals surface area (Å²) in [5.74, 6) is -0.390. The first-order valence-electron chi connectivity index (χ1n) is 11.1. The lowest BCUT2D eigenvalue weighted by atomic mass is 9.92. The molecule has 5 rings (SSSR count). The van der Waals surface area contributed by atoms with E-state index < -0.39 is 36.0 Å². The van der Waals surface area contributed by atoms with Crippen molar-refractivity contribution in [1.82, 2.24) is 34.9 Å². The molecule has 34 heavy (non-hydrogen) atoms. The molecule has 0 radical (unpaired) electrons. The average molecular weight is 473 g/mol. The van der Waals surface area contributed by atoms with Gasteiger partial charge in [-0.3, -0.25) is 9.48 Å². The number of nitrogen functional groups attached to an aromatic ring is 1. The molecule has 4 atom stereocenters. The lowest BCUT2D eigenvalue weighted by molar-refractivity contribution is -0.139. The summed E-state index contributed by atoms with van der Waals surface area (Å²) in [5.41, 5.74) is 6.72. The number of ether oxygens (including phenoxy) is 1. The SMILES string of the molecule is Cn1ccc(-c2cn([C@@H]3O[C@H](C(=O)NCC4(O)CCNCC4)[C@@H](O)[C@H]3O)c3ncnc(N)c23)n1. The van der Waals surface area contributed by atoms with Crippen LogP contribution in [0.2, 0.25) is 0 Å².